The molecule has 0 radical (unpaired) electrons. The second-order valence-electron chi connectivity index (χ2n) is 3.79. The van der Waals surface area contributed by atoms with Crippen LogP contribution in [0.15, 0.2) is 0 Å². The minimum Gasteiger partial charge on any atom is -0.450 e. The van der Waals surface area contributed by atoms with Crippen LogP contribution in [0.1, 0.15) is 39.0 Å². The van der Waals surface area contributed by atoms with E-state index in [0.29, 0.717) is 0 Å². The van der Waals surface area contributed by atoms with Gasteiger partial charge in [-0.25, -0.2) is 14.9 Å². The maximum atomic E-state index is 11.6. The Balaban J connectivity index is 2.37. The Kier molecular flexibility index (Phi) is 5.45. The maximum absolute atomic E-state index is 11.6. The predicted octanol–water partition coefficient (Wildman–Crippen LogP) is 2.33. The van der Waals surface area contributed by atoms with Crippen molar-refractivity contribution in [2.75, 3.05) is 6.61 Å². The SMILES string of the molecule is CCOC(=O)NC(=O)N(S)C1CCCCC1. The molecule has 6 heteroatoms. The molecule has 1 aliphatic rings. The Morgan fingerprint density at radius 3 is 2.56 bits per heavy atom. The van der Waals surface area contributed by atoms with Gasteiger partial charge in [0.1, 0.15) is 0 Å². The number of alkyl carbamates (subject to hydrolysis) is 1. The molecule has 1 rings (SSSR count). The van der Waals surface area contributed by atoms with Crippen LogP contribution in [0.5, 0.6) is 0 Å². The maximum Gasteiger partial charge on any atom is 0.415 e. The number of imide groups is 1. The highest BCUT2D eigenvalue weighted by Gasteiger charge is 2.24. The van der Waals surface area contributed by atoms with Crippen LogP contribution in [0.4, 0.5) is 9.59 Å². The minimum atomic E-state index is -0.720. The highest BCUT2D eigenvalue weighted by atomic mass is 32.1. The minimum absolute atomic E-state index is 0.117. The molecule has 0 aromatic carbocycles. The molecule has 0 heterocycles. The van der Waals surface area contributed by atoms with Gasteiger partial charge in [-0.1, -0.05) is 32.1 Å². The summed E-state index contributed by atoms with van der Waals surface area (Å²) < 4.78 is 5.92. The number of nitrogens with one attached hydrogen (secondary N) is 1. The molecule has 92 valence electrons. The van der Waals surface area contributed by atoms with Crippen LogP contribution in [-0.4, -0.2) is 29.1 Å². The third kappa shape index (κ3) is 3.92. The van der Waals surface area contributed by atoms with Crippen LogP contribution in [0.3, 0.4) is 0 Å². The lowest BCUT2D eigenvalue weighted by atomic mass is 9.96. The zero-order chi connectivity index (χ0) is 12.0. The number of hydrogen-bond donors (Lipinski definition) is 2. The largest absolute Gasteiger partial charge is 0.450 e. The first-order valence-corrected chi connectivity index (χ1v) is 6.01. The van der Waals surface area contributed by atoms with Crippen molar-refractivity contribution in [2.45, 2.75) is 45.1 Å². The lowest BCUT2D eigenvalue weighted by Gasteiger charge is -2.29. The molecule has 16 heavy (non-hydrogen) atoms. The first kappa shape index (κ1) is 13.2. The van der Waals surface area contributed by atoms with E-state index in [2.05, 4.69) is 22.9 Å². The van der Waals surface area contributed by atoms with Gasteiger partial charge in [-0.05, 0) is 19.8 Å². The molecule has 0 atom stereocenters. The molecule has 3 amide bonds. The monoisotopic (exact) mass is 246 g/mol. The fourth-order valence-electron chi connectivity index (χ4n) is 1.80. The highest BCUT2D eigenvalue weighted by Crippen LogP contribution is 2.23. The molecule has 5 nitrogen and oxygen atoms in total. The summed E-state index contributed by atoms with van der Waals surface area (Å²) in [6.45, 7) is 1.93. The number of hydrogen-bond acceptors (Lipinski definition) is 4. The van der Waals surface area contributed by atoms with Crippen LogP contribution in [0.25, 0.3) is 0 Å². The molecule has 1 aliphatic carbocycles. The fourth-order valence-corrected chi connectivity index (χ4v) is 2.08. The molecule has 0 unspecified atom stereocenters. The molecular weight excluding hydrogens is 228 g/mol. The Morgan fingerprint density at radius 2 is 2.00 bits per heavy atom. The van der Waals surface area contributed by atoms with Crippen molar-refractivity contribution in [1.29, 1.82) is 0 Å². The first-order valence-electron chi connectivity index (χ1n) is 5.61. The van der Waals surface area contributed by atoms with Crippen molar-refractivity contribution in [3.8, 4) is 0 Å². The fraction of sp³-hybridized carbons (Fsp3) is 0.800. The summed E-state index contributed by atoms with van der Waals surface area (Å²) in [5, 5.41) is 2.13. The lowest BCUT2D eigenvalue weighted by Crippen LogP contribution is -2.43. The Hall–Kier alpha value is -0.910. The average Bonchev–Trinajstić information content (AvgIpc) is 2.29. The van der Waals surface area contributed by atoms with E-state index in [1.807, 2.05) is 0 Å². The lowest BCUT2D eigenvalue weighted by molar-refractivity contribution is 0.149. The van der Waals surface area contributed by atoms with Crippen molar-refractivity contribution in [3.05, 3.63) is 0 Å². The second-order valence-corrected chi connectivity index (χ2v) is 4.22. The summed E-state index contributed by atoms with van der Waals surface area (Å²) in [5.41, 5.74) is 0. The highest BCUT2D eigenvalue weighted by molar-refractivity contribution is 7.78. The van der Waals surface area contributed by atoms with E-state index in [0.717, 1.165) is 25.7 Å². The first-order chi connectivity index (χ1) is 7.65. The zero-order valence-corrected chi connectivity index (χ0v) is 10.3. The van der Waals surface area contributed by atoms with Crippen LogP contribution in [0.2, 0.25) is 0 Å². The van der Waals surface area contributed by atoms with E-state index < -0.39 is 12.1 Å². The van der Waals surface area contributed by atoms with E-state index in [1.54, 1.807) is 6.92 Å². The topological polar surface area (TPSA) is 58.6 Å². The number of ether oxygens (including phenoxy) is 1. The van der Waals surface area contributed by atoms with Gasteiger partial charge in [0.15, 0.2) is 0 Å². The van der Waals surface area contributed by atoms with E-state index in [4.69, 9.17) is 0 Å². The molecule has 0 aliphatic heterocycles. The smallest absolute Gasteiger partial charge is 0.415 e. The standard InChI is InChI=1S/C10H18N2O3S/c1-2-15-10(14)11-9(13)12(16)8-6-4-3-5-7-8/h8,16H,2-7H2,1H3,(H,11,13,14). The Bertz CT molecular complexity index is 254. The summed E-state index contributed by atoms with van der Waals surface area (Å²) in [6, 6.07) is -0.389. The van der Waals surface area contributed by atoms with Gasteiger partial charge in [-0.15, -0.1) is 0 Å². The van der Waals surface area contributed by atoms with Crippen LogP contribution in [-0.2, 0) is 4.74 Å². The second kappa shape index (κ2) is 6.62. The summed E-state index contributed by atoms with van der Waals surface area (Å²) >= 11 is 4.12. The van der Waals surface area contributed by atoms with Crippen molar-refractivity contribution >= 4 is 24.9 Å². The molecule has 0 saturated heterocycles. The predicted molar refractivity (Wildman–Crippen MR) is 63.3 cm³/mol. The third-order valence-electron chi connectivity index (χ3n) is 2.61. The normalized spacial score (nSPS) is 16.6. The number of rotatable bonds is 2. The van der Waals surface area contributed by atoms with Gasteiger partial charge in [-0.3, -0.25) is 4.31 Å². The summed E-state index contributed by atoms with van der Waals surface area (Å²) in [5.74, 6) is 0. The van der Waals surface area contributed by atoms with Gasteiger partial charge in [-0.2, -0.15) is 0 Å². The molecule has 1 saturated carbocycles. The van der Waals surface area contributed by atoms with Gasteiger partial charge in [0, 0.05) is 6.04 Å². The van der Waals surface area contributed by atoms with Crippen LogP contribution < -0.4 is 5.32 Å². The summed E-state index contributed by atoms with van der Waals surface area (Å²) in [7, 11) is 0. The van der Waals surface area contributed by atoms with Crippen molar-refractivity contribution < 1.29 is 14.3 Å². The molecule has 1 fully saturated rings. The number of carbonyl (C=O) groups is 2. The molecular formula is C10H18N2O3S. The number of thiol groups is 1. The van der Waals surface area contributed by atoms with Gasteiger partial charge >= 0.3 is 12.1 Å². The Labute approximate surface area is 101 Å². The van der Waals surface area contributed by atoms with E-state index >= 15 is 0 Å². The molecule has 1 N–H and O–H groups in total. The van der Waals surface area contributed by atoms with Crippen LogP contribution >= 0.6 is 12.8 Å². The molecule has 0 bridgehead atoms. The number of nitrogens with zero attached hydrogens (tertiary/aromatic N) is 1. The summed E-state index contributed by atoms with van der Waals surface area (Å²) in [4.78, 5) is 22.6. The third-order valence-corrected chi connectivity index (χ3v) is 3.12. The number of carbonyl (C=O) groups excluding carboxylic acids is 2. The van der Waals surface area contributed by atoms with Gasteiger partial charge in [0.05, 0.1) is 6.61 Å². The quantitative estimate of drug-likeness (QED) is 0.735. The van der Waals surface area contributed by atoms with E-state index in [-0.39, 0.29) is 12.6 Å². The van der Waals surface area contributed by atoms with E-state index in [1.165, 1.54) is 10.7 Å². The molecule has 0 spiro atoms. The van der Waals surface area contributed by atoms with Crippen LogP contribution in [0, 0.1) is 0 Å². The number of amides is 3. The van der Waals surface area contributed by atoms with Gasteiger partial charge in [0.2, 0.25) is 0 Å². The van der Waals surface area contributed by atoms with Crippen molar-refractivity contribution in [2.24, 2.45) is 0 Å². The average molecular weight is 246 g/mol. The zero-order valence-electron chi connectivity index (χ0n) is 9.44. The molecule has 0 aromatic heterocycles. The summed E-state index contributed by atoms with van der Waals surface area (Å²) in [6.07, 6.45) is 4.59. The molecule has 0 aromatic rings. The van der Waals surface area contributed by atoms with Gasteiger partial charge in [0.25, 0.3) is 0 Å². The number of urea groups is 1. The van der Waals surface area contributed by atoms with Crippen molar-refractivity contribution in [1.82, 2.24) is 9.62 Å². The van der Waals surface area contributed by atoms with E-state index in [9.17, 15) is 9.59 Å². The van der Waals surface area contributed by atoms with Gasteiger partial charge < -0.3 is 4.74 Å². The Morgan fingerprint density at radius 1 is 1.38 bits per heavy atom. The van der Waals surface area contributed by atoms with Crippen molar-refractivity contribution in [3.63, 3.8) is 0 Å².